The number of rotatable bonds is 5. The van der Waals surface area contributed by atoms with Crippen molar-refractivity contribution in [3.63, 3.8) is 0 Å². The quantitative estimate of drug-likeness (QED) is 0.133. The average molecular weight is 884 g/mol. The zero-order chi connectivity index (χ0) is 46.3. The first kappa shape index (κ1) is 45.2. The summed E-state index contributed by atoms with van der Waals surface area (Å²) in [6, 6.07) is 26.4. The van der Waals surface area contributed by atoms with E-state index in [1.54, 1.807) is 130 Å². The number of carbonyl (C=O) groups excluding carboxylic acids is 6. The Balaban J connectivity index is 1.41. The van der Waals surface area contributed by atoms with Crippen LogP contribution >= 0.6 is 0 Å². The van der Waals surface area contributed by atoms with Gasteiger partial charge in [0.1, 0.15) is 47.3 Å². The van der Waals surface area contributed by atoms with Crippen LogP contribution in [0, 0.1) is 0 Å². The van der Waals surface area contributed by atoms with Crippen LogP contribution in [0.4, 0.5) is 4.79 Å². The van der Waals surface area contributed by atoms with E-state index in [0.717, 1.165) is 0 Å². The van der Waals surface area contributed by atoms with Gasteiger partial charge in [-0.3, -0.25) is 19.2 Å². The van der Waals surface area contributed by atoms with Crippen LogP contribution in [-0.2, 0) is 46.3 Å². The van der Waals surface area contributed by atoms with E-state index in [1.807, 2.05) is 0 Å². The lowest BCUT2D eigenvalue weighted by molar-refractivity contribution is -0.145. The second-order valence-electron chi connectivity index (χ2n) is 16.4. The van der Waals surface area contributed by atoms with Gasteiger partial charge >= 0.3 is 12.1 Å². The summed E-state index contributed by atoms with van der Waals surface area (Å²) in [5.74, 6) is -2.92. The van der Waals surface area contributed by atoms with Crippen LogP contribution in [0.3, 0.4) is 0 Å². The molecule has 4 aliphatic heterocycles. The van der Waals surface area contributed by atoms with E-state index < -0.39 is 71.5 Å². The van der Waals surface area contributed by atoms with Gasteiger partial charge in [-0.15, -0.1) is 0 Å². The monoisotopic (exact) mass is 883 g/mol. The number of hydrogen-bond donors (Lipinski definition) is 5. The van der Waals surface area contributed by atoms with Crippen LogP contribution in [0.5, 0.6) is 28.7 Å². The Morgan fingerprint density at radius 2 is 1.03 bits per heavy atom. The van der Waals surface area contributed by atoms with Gasteiger partial charge in [-0.05, 0) is 85.0 Å². The molecule has 16 nitrogen and oxygen atoms in total. The highest BCUT2D eigenvalue weighted by Gasteiger charge is 2.36. The molecule has 0 radical (unpaired) electrons. The molecule has 5 N–H and O–H groups in total. The molecule has 0 saturated carbocycles. The number of carbonyl (C=O) groups is 6. The SMILES string of the molecule is COC(=O)[C@H]1Cc2ccc(cc2)Oc2cc3cc(c2OC)Oc2ccc(cc2)C[C@@H](NC(=O)OC(C)(C)C)C(=O)N[C@H](c2ccccc2)C(=O)N[C@@H]3C(=O)N[C@H](c2ccccc2)C(=O)N1. The summed E-state index contributed by atoms with van der Waals surface area (Å²) in [4.78, 5) is 84.9. The minimum atomic E-state index is -1.63. The Labute approximate surface area is 375 Å². The number of esters is 1. The van der Waals surface area contributed by atoms with E-state index in [9.17, 15) is 24.0 Å². The molecule has 0 aromatic heterocycles. The van der Waals surface area contributed by atoms with Gasteiger partial charge in [-0.1, -0.05) is 84.9 Å². The lowest BCUT2D eigenvalue weighted by Gasteiger charge is -2.29. The predicted octanol–water partition coefficient (Wildman–Crippen LogP) is 5.82. The zero-order valence-electron chi connectivity index (χ0n) is 36.3. The topological polar surface area (TPSA) is 209 Å². The summed E-state index contributed by atoms with van der Waals surface area (Å²) in [6.45, 7) is 5.06. The molecular formula is C49H49N5O11. The number of fused-ring (bicyclic) bond motifs is 16. The lowest BCUT2D eigenvalue weighted by Crippen LogP contribution is -2.53. The molecule has 5 amide bonds. The number of nitrogens with one attached hydrogen (secondary N) is 5. The van der Waals surface area contributed by atoms with Crippen LogP contribution in [0.25, 0.3) is 0 Å². The van der Waals surface area contributed by atoms with Gasteiger partial charge in [0.05, 0.1) is 14.2 Å². The smallest absolute Gasteiger partial charge is 0.408 e. The summed E-state index contributed by atoms with van der Waals surface area (Å²) in [5, 5.41) is 13.8. The van der Waals surface area contributed by atoms with Crippen LogP contribution in [0.2, 0.25) is 0 Å². The number of ether oxygens (including phenoxy) is 5. The van der Waals surface area contributed by atoms with Crippen molar-refractivity contribution in [3.05, 3.63) is 149 Å². The standard InChI is InChI=1S/C49H49N5O11/c1-49(2,3)65-48(60)51-35-24-28-16-20-33(21-17-28)63-37-26-32-27-38(42(37)61-4)64-34-22-18-29(19-23-34)25-36(47(59)62-5)50-44(56)39(30-12-8-6-9-13-30)53-46(58)41(32)54-45(57)40(52-43(35)55)31-14-10-7-11-15-31/h6-23,26-27,35-36,39-41H,24-25H2,1-5H3,(H,50,56)(H,51,60)(H,52,55)(H,53,58)(H,54,57)/t35-,36-,39-,40-,41+/m1/s1. The number of benzene rings is 5. The Morgan fingerprint density at radius 3 is 1.49 bits per heavy atom. The van der Waals surface area contributed by atoms with Crippen molar-refractivity contribution in [1.82, 2.24) is 26.6 Å². The van der Waals surface area contributed by atoms with Gasteiger partial charge in [-0.2, -0.15) is 0 Å². The van der Waals surface area contributed by atoms with Crippen LogP contribution in [-0.4, -0.2) is 67.6 Å². The highest BCUT2D eigenvalue weighted by Crippen LogP contribution is 2.44. The molecule has 0 aliphatic carbocycles. The summed E-state index contributed by atoms with van der Waals surface area (Å²) < 4.78 is 29.3. The third kappa shape index (κ3) is 11.2. The van der Waals surface area contributed by atoms with E-state index >= 15 is 4.79 Å². The molecule has 0 unspecified atom stereocenters. The molecule has 0 fully saturated rings. The van der Waals surface area contributed by atoms with Gasteiger partial charge in [0.15, 0.2) is 11.5 Å². The fourth-order valence-electron chi connectivity index (χ4n) is 7.36. The molecule has 5 aromatic carbocycles. The first-order valence-corrected chi connectivity index (χ1v) is 20.8. The van der Waals surface area contributed by atoms with E-state index in [2.05, 4.69) is 26.6 Å². The maximum atomic E-state index is 15.0. The first-order valence-electron chi connectivity index (χ1n) is 20.8. The third-order valence-electron chi connectivity index (χ3n) is 10.5. The van der Waals surface area contributed by atoms with E-state index in [1.165, 1.54) is 26.4 Å². The summed E-state index contributed by atoms with van der Waals surface area (Å²) in [6.07, 6.45) is -0.845. The highest BCUT2D eigenvalue weighted by atomic mass is 16.6. The zero-order valence-corrected chi connectivity index (χ0v) is 36.3. The minimum Gasteiger partial charge on any atom is -0.490 e. The average Bonchev–Trinajstić information content (AvgIpc) is 3.28. The minimum absolute atomic E-state index is 0.0190. The largest absolute Gasteiger partial charge is 0.490 e. The Morgan fingerprint density at radius 1 is 0.585 bits per heavy atom. The van der Waals surface area contributed by atoms with Crippen molar-refractivity contribution in [2.45, 2.75) is 69.4 Å². The summed E-state index contributed by atoms with van der Waals surface area (Å²) in [5.41, 5.74) is 1.24. The fourth-order valence-corrected chi connectivity index (χ4v) is 7.36. The van der Waals surface area contributed by atoms with E-state index in [-0.39, 0.29) is 35.7 Å². The summed E-state index contributed by atoms with van der Waals surface area (Å²) in [7, 11) is 2.63. The Hall–Kier alpha value is -7.88. The second-order valence-corrected chi connectivity index (χ2v) is 16.4. The van der Waals surface area contributed by atoms with Gasteiger partial charge in [-0.25, -0.2) is 9.59 Å². The highest BCUT2D eigenvalue weighted by molar-refractivity contribution is 5.97. The van der Waals surface area contributed by atoms with Gasteiger partial charge in [0, 0.05) is 12.8 Å². The normalized spacial score (nSPS) is 20.2. The Kier molecular flexibility index (Phi) is 13.7. The molecule has 7 bridgehead atoms. The fraction of sp³-hybridized carbons (Fsp3) is 0.265. The van der Waals surface area contributed by atoms with Gasteiger partial charge in [0.25, 0.3) is 0 Å². The Bertz CT molecular complexity index is 2550. The van der Waals surface area contributed by atoms with Crippen molar-refractivity contribution in [1.29, 1.82) is 0 Å². The van der Waals surface area contributed by atoms with E-state index in [4.69, 9.17) is 23.7 Å². The number of alkyl carbamates (subject to hydrolysis) is 1. The number of amides is 5. The van der Waals surface area contributed by atoms with Crippen molar-refractivity contribution in [2.75, 3.05) is 14.2 Å². The van der Waals surface area contributed by atoms with Crippen molar-refractivity contribution in [3.8, 4) is 28.7 Å². The molecule has 65 heavy (non-hydrogen) atoms. The maximum Gasteiger partial charge on any atom is 0.408 e. The number of hydrogen-bond acceptors (Lipinski definition) is 11. The van der Waals surface area contributed by atoms with Crippen LogP contribution < -0.4 is 40.8 Å². The molecule has 5 atom stereocenters. The molecular weight excluding hydrogens is 835 g/mol. The molecule has 0 spiro atoms. The molecule has 336 valence electrons. The third-order valence-corrected chi connectivity index (χ3v) is 10.5. The van der Waals surface area contributed by atoms with Crippen LogP contribution in [0.1, 0.15) is 66.7 Å². The molecule has 4 aliphatic rings. The molecule has 5 aromatic rings. The van der Waals surface area contributed by atoms with Gasteiger partial charge in [0.2, 0.25) is 29.4 Å². The molecule has 9 rings (SSSR count). The molecule has 0 saturated heterocycles. The van der Waals surface area contributed by atoms with E-state index in [0.29, 0.717) is 33.8 Å². The van der Waals surface area contributed by atoms with Gasteiger partial charge < -0.3 is 50.3 Å². The van der Waals surface area contributed by atoms with Crippen LogP contribution in [0.15, 0.2) is 121 Å². The summed E-state index contributed by atoms with van der Waals surface area (Å²) >= 11 is 0. The van der Waals surface area contributed by atoms with Crippen molar-refractivity contribution >= 4 is 35.7 Å². The lowest BCUT2D eigenvalue weighted by atomic mass is 9.99. The predicted molar refractivity (Wildman–Crippen MR) is 236 cm³/mol. The van der Waals surface area contributed by atoms with Crippen molar-refractivity contribution < 1.29 is 52.5 Å². The first-order chi connectivity index (χ1) is 31.2. The molecule has 4 heterocycles. The number of methoxy groups -OCH3 is 2. The second kappa shape index (κ2) is 19.7. The maximum absolute atomic E-state index is 15.0. The van der Waals surface area contributed by atoms with Crippen molar-refractivity contribution in [2.24, 2.45) is 0 Å². The molecule has 16 heteroatoms.